The number of aliphatic carboxylic acids is 1. The van der Waals surface area contributed by atoms with Crippen LogP contribution in [0.4, 0.5) is 0 Å². The number of rotatable bonds is 5. The largest absolute Gasteiger partial charge is 0.480 e. The van der Waals surface area contributed by atoms with Gasteiger partial charge in [-0.05, 0) is 31.2 Å². The maximum Gasteiger partial charge on any atom is 0.320 e. The molecule has 2 N–H and O–H groups in total. The highest BCUT2D eigenvalue weighted by Gasteiger charge is 2.22. The predicted molar refractivity (Wildman–Crippen MR) is 68.1 cm³/mol. The summed E-state index contributed by atoms with van der Waals surface area (Å²) in [6, 6.07) is -0.382. The van der Waals surface area contributed by atoms with Crippen molar-refractivity contribution >= 4 is 18.4 Å². The van der Waals surface area contributed by atoms with Crippen molar-refractivity contribution in [3.8, 4) is 0 Å². The highest BCUT2D eigenvalue weighted by Crippen LogP contribution is 2.23. The smallest absolute Gasteiger partial charge is 0.320 e. The molecule has 3 nitrogen and oxygen atoms in total. The number of halogens is 1. The first-order valence-corrected chi connectivity index (χ1v) is 6.07. The summed E-state index contributed by atoms with van der Waals surface area (Å²) in [5, 5.41) is 12.2. The Morgan fingerprint density at radius 1 is 1.31 bits per heavy atom. The van der Waals surface area contributed by atoms with Crippen molar-refractivity contribution < 1.29 is 9.90 Å². The summed E-state index contributed by atoms with van der Waals surface area (Å²) >= 11 is 0. The van der Waals surface area contributed by atoms with Crippen molar-refractivity contribution in [2.75, 3.05) is 6.54 Å². The van der Waals surface area contributed by atoms with Crippen molar-refractivity contribution in [3.05, 3.63) is 0 Å². The average molecular weight is 250 g/mol. The van der Waals surface area contributed by atoms with Gasteiger partial charge in [0.2, 0.25) is 0 Å². The molecule has 1 unspecified atom stereocenters. The molecule has 1 rings (SSSR count). The fraction of sp³-hybridized carbons (Fsp3) is 0.917. The molecule has 0 aromatic heterocycles. The first-order valence-electron chi connectivity index (χ1n) is 6.07. The van der Waals surface area contributed by atoms with Gasteiger partial charge < -0.3 is 10.4 Å². The Morgan fingerprint density at radius 3 is 2.31 bits per heavy atom. The van der Waals surface area contributed by atoms with Gasteiger partial charge in [-0.1, -0.05) is 33.1 Å². The summed E-state index contributed by atoms with van der Waals surface area (Å²) in [4.78, 5) is 11.0. The lowest BCUT2D eigenvalue weighted by atomic mass is 9.89. The Labute approximate surface area is 104 Å². The van der Waals surface area contributed by atoms with E-state index in [0.29, 0.717) is 5.92 Å². The number of nitrogens with one attached hydrogen (secondary N) is 1. The van der Waals surface area contributed by atoms with E-state index in [1.54, 1.807) is 0 Å². The molecule has 0 amide bonds. The quantitative estimate of drug-likeness (QED) is 0.788. The lowest BCUT2D eigenvalue weighted by molar-refractivity contribution is -0.140. The van der Waals surface area contributed by atoms with Crippen molar-refractivity contribution in [3.63, 3.8) is 0 Å². The molecule has 0 saturated heterocycles. The molecule has 1 saturated carbocycles. The van der Waals surface area contributed by atoms with Crippen molar-refractivity contribution in [1.29, 1.82) is 0 Å². The van der Waals surface area contributed by atoms with Crippen LogP contribution in [0.25, 0.3) is 0 Å². The van der Waals surface area contributed by atoms with Crippen LogP contribution in [0.3, 0.4) is 0 Å². The minimum absolute atomic E-state index is 0. The van der Waals surface area contributed by atoms with Crippen LogP contribution >= 0.6 is 12.4 Å². The third-order valence-electron chi connectivity index (χ3n) is 3.28. The van der Waals surface area contributed by atoms with E-state index in [9.17, 15) is 4.79 Å². The van der Waals surface area contributed by atoms with Gasteiger partial charge in [0.25, 0.3) is 0 Å². The van der Waals surface area contributed by atoms with Crippen LogP contribution in [-0.4, -0.2) is 23.7 Å². The number of hydrogen-bond acceptors (Lipinski definition) is 2. The van der Waals surface area contributed by atoms with E-state index in [2.05, 4.69) is 5.32 Å². The van der Waals surface area contributed by atoms with E-state index in [1.807, 2.05) is 13.8 Å². The molecule has 0 spiro atoms. The van der Waals surface area contributed by atoms with E-state index in [1.165, 1.54) is 32.1 Å². The Balaban J connectivity index is 0.00000225. The molecule has 16 heavy (non-hydrogen) atoms. The highest BCUT2D eigenvalue weighted by molar-refractivity contribution is 5.85. The summed E-state index contributed by atoms with van der Waals surface area (Å²) in [7, 11) is 0. The topological polar surface area (TPSA) is 49.3 Å². The van der Waals surface area contributed by atoms with Gasteiger partial charge >= 0.3 is 5.97 Å². The summed E-state index contributed by atoms with van der Waals surface area (Å²) in [6.07, 6.45) is 6.50. The third kappa shape index (κ3) is 5.17. The molecule has 1 aliphatic carbocycles. The van der Waals surface area contributed by atoms with E-state index >= 15 is 0 Å². The van der Waals surface area contributed by atoms with Crippen LogP contribution < -0.4 is 5.32 Å². The molecule has 4 heteroatoms. The summed E-state index contributed by atoms with van der Waals surface area (Å²) in [6.45, 7) is 4.77. The van der Waals surface area contributed by atoms with Gasteiger partial charge in [-0.25, -0.2) is 0 Å². The summed E-state index contributed by atoms with van der Waals surface area (Å²) in [5.41, 5.74) is 0. The average Bonchev–Trinajstić information content (AvgIpc) is 2.18. The number of hydrogen-bond donors (Lipinski definition) is 2. The van der Waals surface area contributed by atoms with Crippen molar-refractivity contribution in [2.45, 2.75) is 52.0 Å². The molecule has 0 bridgehead atoms. The lowest BCUT2D eigenvalue weighted by Gasteiger charge is -2.25. The van der Waals surface area contributed by atoms with Crippen molar-refractivity contribution in [2.24, 2.45) is 11.8 Å². The Morgan fingerprint density at radius 2 is 1.88 bits per heavy atom. The minimum atomic E-state index is -0.721. The third-order valence-corrected chi connectivity index (χ3v) is 3.28. The molecular weight excluding hydrogens is 226 g/mol. The SMILES string of the molecule is CC(C)C(NCC1CCCCC1)C(=O)O.Cl. The molecule has 96 valence electrons. The monoisotopic (exact) mass is 249 g/mol. The van der Waals surface area contributed by atoms with Crippen LogP contribution in [-0.2, 0) is 4.79 Å². The maximum absolute atomic E-state index is 11.0. The Bertz CT molecular complexity index is 203. The van der Waals surface area contributed by atoms with Crippen LogP contribution in [0.2, 0.25) is 0 Å². The number of carboxylic acids is 1. The Hall–Kier alpha value is -0.280. The van der Waals surface area contributed by atoms with Crippen LogP contribution in [0.1, 0.15) is 46.0 Å². The van der Waals surface area contributed by atoms with Gasteiger partial charge in [0.1, 0.15) is 6.04 Å². The van der Waals surface area contributed by atoms with Gasteiger partial charge in [-0.2, -0.15) is 0 Å². The fourth-order valence-electron chi connectivity index (χ4n) is 2.29. The van der Waals surface area contributed by atoms with Gasteiger partial charge in [0.15, 0.2) is 0 Å². The van der Waals surface area contributed by atoms with Gasteiger partial charge in [0.05, 0.1) is 0 Å². The predicted octanol–water partition coefficient (Wildman–Crippen LogP) is 2.69. The fourth-order valence-corrected chi connectivity index (χ4v) is 2.29. The second-order valence-electron chi connectivity index (χ2n) is 4.97. The van der Waals surface area contributed by atoms with Crippen LogP contribution in [0.5, 0.6) is 0 Å². The second-order valence-corrected chi connectivity index (χ2v) is 4.97. The minimum Gasteiger partial charge on any atom is -0.480 e. The second kappa shape index (κ2) is 7.91. The first kappa shape index (κ1) is 15.7. The molecule has 1 aliphatic rings. The van der Waals surface area contributed by atoms with E-state index in [0.717, 1.165) is 6.54 Å². The molecule has 0 aliphatic heterocycles. The highest BCUT2D eigenvalue weighted by atomic mass is 35.5. The standard InChI is InChI=1S/C12H23NO2.ClH/c1-9(2)11(12(14)15)13-8-10-6-4-3-5-7-10;/h9-11,13H,3-8H2,1-2H3,(H,14,15);1H. The molecule has 0 radical (unpaired) electrons. The molecule has 1 atom stereocenters. The van der Waals surface area contributed by atoms with Crippen LogP contribution in [0, 0.1) is 11.8 Å². The molecule has 0 aromatic carbocycles. The maximum atomic E-state index is 11.0. The number of carboxylic acid groups (broad SMARTS) is 1. The zero-order chi connectivity index (χ0) is 11.3. The number of carbonyl (C=O) groups is 1. The van der Waals surface area contributed by atoms with Crippen LogP contribution in [0.15, 0.2) is 0 Å². The Kier molecular flexibility index (Phi) is 7.77. The van der Waals surface area contributed by atoms with E-state index < -0.39 is 5.97 Å². The molecule has 0 aromatic rings. The zero-order valence-corrected chi connectivity index (χ0v) is 11.1. The summed E-state index contributed by atoms with van der Waals surface area (Å²) < 4.78 is 0. The molecule has 0 heterocycles. The summed E-state index contributed by atoms with van der Waals surface area (Å²) in [5.74, 6) is 0.131. The van der Waals surface area contributed by atoms with Gasteiger partial charge in [-0.15, -0.1) is 12.4 Å². The normalized spacial score (nSPS) is 19.2. The van der Waals surface area contributed by atoms with E-state index in [4.69, 9.17) is 5.11 Å². The van der Waals surface area contributed by atoms with Crippen molar-refractivity contribution in [1.82, 2.24) is 5.32 Å². The van der Waals surface area contributed by atoms with Gasteiger partial charge in [-0.3, -0.25) is 4.79 Å². The van der Waals surface area contributed by atoms with E-state index in [-0.39, 0.29) is 24.4 Å². The van der Waals surface area contributed by atoms with Gasteiger partial charge in [0, 0.05) is 0 Å². The first-order chi connectivity index (χ1) is 7.11. The lowest BCUT2D eigenvalue weighted by Crippen LogP contribution is -2.43. The zero-order valence-electron chi connectivity index (χ0n) is 10.2. The molecule has 1 fully saturated rings. The molecular formula is C12H24ClNO2.